The maximum absolute atomic E-state index is 12.9. The highest BCUT2D eigenvalue weighted by atomic mass is 16.6. The van der Waals surface area contributed by atoms with Crippen LogP contribution in [0.5, 0.6) is 0 Å². The van der Waals surface area contributed by atoms with Gasteiger partial charge in [-0.3, -0.25) is 9.59 Å². The van der Waals surface area contributed by atoms with Gasteiger partial charge in [0.2, 0.25) is 11.8 Å². The van der Waals surface area contributed by atoms with Gasteiger partial charge in [-0.2, -0.15) is 0 Å². The lowest BCUT2D eigenvalue weighted by Crippen LogP contribution is -2.53. The molecule has 8 heteroatoms. The summed E-state index contributed by atoms with van der Waals surface area (Å²) in [5.74, 6) is -0.966. The molecule has 3 amide bonds. The van der Waals surface area contributed by atoms with Gasteiger partial charge in [0.05, 0.1) is 6.61 Å². The van der Waals surface area contributed by atoms with Crippen LogP contribution in [0.25, 0.3) is 0 Å². The molecule has 0 aliphatic rings. The lowest BCUT2D eigenvalue weighted by atomic mass is 10.0. The molecular formula is C20H31N3O5. The van der Waals surface area contributed by atoms with Crippen LogP contribution >= 0.6 is 0 Å². The lowest BCUT2D eigenvalue weighted by molar-refractivity contribution is -0.141. The molecule has 1 aromatic carbocycles. The summed E-state index contributed by atoms with van der Waals surface area (Å²) < 4.78 is 5.13. The van der Waals surface area contributed by atoms with E-state index >= 15 is 0 Å². The van der Waals surface area contributed by atoms with Gasteiger partial charge in [0, 0.05) is 13.1 Å². The molecule has 28 heavy (non-hydrogen) atoms. The van der Waals surface area contributed by atoms with Gasteiger partial charge in [-0.05, 0) is 40.2 Å². The van der Waals surface area contributed by atoms with Gasteiger partial charge in [-0.15, -0.1) is 0 Å². The first-order chi connectivity index (χ1) is 13.0. The molecule has 0 bridgehead atoms. The number of rotatable bonds is 7. The van der Waals surface area contributed by atoms with E-state index < -0.39 is 36.3 Å². The highest BCUT2D eigenvalue weighted by Gasteiger charge is 2.33. The number of nitrogens with one attached hydrogen (secondary N) is 2. The summed E-state index contributed by atoms with van der Waals surface area (Å²) in [6.07, 6.45) is -0.823. The van der Waals surface area contributed by atoms with E-state index in [0.717, 1.165) is 0 Å². The summed E-state index contributed by atoms with van der Waals surface area (Å²) in [4.78, 5) is 38.8. The zero-order valence-corrected chi connectivity index (χ0v) is 17.4. The predicted octanol–water partition coefficient (Wildman–Crippen LogP) is 1.60. The third kappa shape index (κ3) is 7.19. The Morgan fingerprint density at radius 3 is 2.14 bits per heavy atom. The van der Waals surface area contributed by atoms with Crippen LogP contribution in [0.2, 0.25) is 0 Å². The highest BCUT2D eigenvalue weighted by Crippen LogP contribution is 2.21. The summed E-state index contributed by atoms with van der Waals surface area (Å²) in [6, 6.07) is 6.56. The molecule has 3 N–H and O–H groups in total. The molecule has 0 spiro atoms. The predicted molar refractivity (Wildman–Crippen MR) is 105 cm³/mol. The lowest BCUT2D eigenvalue weighted by Gasteiger charge is -2.31. The molecule has 2 atom stereocenters. The van der Waals surface area contributed by atoms with Crippen molar-refractivity contribution in [1.29, 1.82) is 0 Å². The van der Waals surface area contributed by atoms with Gasteiger partial charge in [-0.25, -0.2) is 4.79 Å². The SMILES string of the molecule is CC(C)NC(=O)C(c1ccccc1)N(C)C(=O)C(CO)NC(=O)OC(C)(C)C. The van der Waals surface area contributed by atoms with Crippen LogP contribution in [0.1, 0.15) is 46.2 Å². The topological polar surface area (TPSA) is 108 Å². The second-order valence-corrected chi connectivity index (χ2v) is 7.81. The van der Waals surface area contributed by atoms with Crippen molar-refractivity contribution in [2.45, 2.75) is 58.3 Å². The van der Waals surface area contributed by atoms with Crippen molar-refractivity contribution >= 4 is 17.9 Å². The van der Waals surface area contributed by atoms with E-state index in [1.54, 1.807) is 45.0 Å². The maximum Gasteiger partial charge on any atom is 0.408 e. The number of carbonyl (C=O) groups excluding carboxylic acids is 3. The zero-order chi connectivity index (χ0) is 21.5. The third-order valence-electron chi connectivity index (χ3n) is 3.70. The van der Waals surface area contributed by atoms with Gasteiger partial charge in [-0.1, -0.05) is 30.3 Å². The first-order valence-corrected chi connectivity index (χ1v) is 9.18. The Labute approximate surface area is 166 Å². The second-order valence-electron chi connectivity index (χ2n) is 7.81. The van der Waals surface area contributed by atoms with Crippen LogP contribution in [-0.2, 0) is 14.3 Å². The van der Waals surface area contributed by atoms with Crippen LogP contribution in [0.15, 0.2) is 30.3 Å². The Balaban J connectivity index is 3.05. The van der Waals surface area contributed by atoms with Gasteiger partial charge < -0.3 is 25.4 Å². The Hall–Kier alpha value is -2.61. The Bertz CT molecular complexity index is 670. The number of amides is 3. The van der Waals surface area contributed by atoms with Crippen LogP contribution in [0, 0.1) is 0 Å². The molecule has 2 unspecified atom stereocenters. The second kappa shape index (κ2) is 10.1. The van der Waals surface area contributed by atoms with Crippen LogP contribution in [0.3, 0.4) is 0 Å². The summed E-state index contributed by atoms with van der Waals surface area (Å²) in [5, 5.41) is 14.8. The standard InChI is InChI=1S/C20H31N3O5/c1-13(2)21-17(25)16(14-10-8-7-9-11-14)23(6)18(26)15(12-24)22-19(27)28-20(3,4)5/h7-11,13,15-16,24H,12H2,1-6H3,(H,21,25)(H,22,27). The molecule has 156 valence electrons. The van der Waals surface area contributed by atoms with Gasteiger partial charge in [0.25, 0.3) is 0 Å². The van der Waals surface area contributed by atoms with Crippen molar-refractivity contribution in [1.82, 2.24) is 15.5 Å². The van der Waals surface area contributed by atoms with E-state index in [4.69, 9.17) is 4.74 Å². The number of nitrogens with zero attached hydrogens (tertiary/aromatic N) is 1. The fraction of sp³-hybridized carbons (Fsp3) is 0.550. The molecule has 0 radical (unpaired) electrons. The van der Waals surface area contributed by atoms with Gasteiger partial charge in [0.15, 0.2) is 0 Å². The van der Waals surface area contributed by atoms with E-state index in [1.165, 1.54) is 11.9 Å². The van der Waals surface area contributed by atoms with Crippen molar-refractivity contribution in [3.8, 4) is 0 Å². The van der Waals surface area contributed by atoms with E-state index in [0.29, 0.717) is 5.56 Å². The first-order valence-electron chi connectivity index (χ1n) is 9.18. The molecule has 1 aromatic rings. The quantitative estimate of drug-likeness (QED) is 0.652. The first kappa shape index (κ1) is 23.4. The number of likely N-dealkylation sites (N-methyl/N-ethyl adjacent to an activating group) is 1. The molecule has 8 nitrogen and oxygen atoms in total. The Morgan fingerprint density at radius 2 is 1.68 bits per heavy atom. The van der Waals surface area contributed by atoms with Crippen LogP contribution in [-0.4, -0.2) is 59.3 Å². The number of carbonyl (C=O) groups is 3. The molecule has 0 aliphatic carbocycles. The minimum atomic E-state index is -1.24. The van der Waals surface area contributed by atoms with E-state index in [1.807, 2.05) is 19.9 Å². The fourth-order valence-corrected chi connectivity index (χ4v) is 2.56. The smallest absolute Gasteiger partial charge is 0.408 e. The molecular weight excluding hydrogens is 362 g/mol. The largest absolute Gasteiger partial charge is 0.444 e. The number of aliphatic hydroxyl groups is 1. The van der Waals surface area contributed by atoms with Crippen molar-refractivity contribution in [3.63, 3.8) is 0 Å². The molecule has 0 aliphatic heterocycles. The minimum absolute atomic E-state index is 0.115. The van der Waals surface area contributed by atoms with Crippen molar-refractivity contribution in [2.75, 3.05) is 13.7 Å². The highest BCUT2D eigenvalue weighted by molar-refractivity contribution is 5.92. The number of benzene rings is 1. The summed E-state index contributed by atoms with van der Waals surface area (Å²) >= 11 is 0. The molecule has 0 saturated carbocycles. The van der Waals surface area contributed by atoms with Gasteiger partial charge in [0.1, 0.15) is 17.7 Å². The fourth-order valence-electron chi connectivity index (χ4n) is 2.56. The molecule has 1 rings (SSSR count). The zero-order valence-electron chi connectivity index (χ0n) is 17.4. The Morgan fingerprint density at radius 1 is 1.11 bits per heavy atom. The number of aliphatic hydroxyl groups excluding tert-OH is 1. The normalized spacial score (nSPS) is 13.4. The number of hydrogen-bond donors (Lipinski definition) is 3. The van der Waals surface area contributed by atoms with Crippen LogP contribution in [0.4, 0.5) is 4.79 Å². The third-order valence-corrected chi connectivity index (χ3v) is 3.70. The molecule has 0 heterocycles. The monoisotopic (exact) mass is 393 g/mol. The Kier molecular flexibility index (Phi) is 8.43. The number of hydrogen-bond acceptors (Lipinski definition) is 5. The van der Waals surface area contributed by atoms with Crippen molar-refractivity contribution < 1.29 is 24.2 Å². The average molecular weight is 393 g/mol. The number of alkyl carbamates (subject to hydrolysis) is 1. The average Bonchev–Trinajstić information content (AvgIpc) is 2.57. The van der Waals surface area contributed by atoms with Crippen molar-refractivity contribution in [2.24, 2.45) is 0 Å². The maximum atomic E-state index is 12.9. The van der Waals surface area contributed by atoms with Crippen LogP contribution < -0.4 is 10.6 Å². The van der Waals surface area contributed by atoms with E-state index in [9.17, 15) is 19.5 Å². The minimum Gasteiger partial charge on any atom is -0.444 e. The van der Waals surface area contributed by atoms with E-state index in [2.05, 4.69) is 10.6 Å². The molecule has 0 aromatic heterocycles. The number of ether oxygens (including phenoxy) is 1. The van der Waals surface area contributed by atoms with Crippen molar-refractivity contribution in [3.05, 3.63) is 35.9 Å². The molecule has 0 fully saturated rings. The summed E-state index contributed by atoms with van der Waals surface area (Å²) in [7, 11) is 1.46. The summed E-state index contributed by atoms with van der Waals surface area (Å²) in [5.41, 5.74) is -0.131. The van der Waals surface area contributed by atoms with Gasteiger partial charge >= 0.3 is 6.09 Å². The molecule has 0 saturated heterocycles. The summed E-state index contributed by atoms with van der Waals surface area (Å²) in [6.45, 7) is 8.09. The van der Waals surface area contributed by atoms with E-state index in [-0.39, 0.29) is 11.9 Å².